The van der Waals surface area contributed by atoms with Crippen molar-refractivity contribution >= 4 is 17.3 Å². The number of methoxy groups -OCH3 is 1. The standard InChI is InChI=1S/C17H19ClN2O/c1-19-11-12-20(15-7-9-16(21-2)10-8-15)17(19)13-3-5-14(18)6-4-13/h3-10,17H,11-12H2,1-2H3. The largest absolute Gasteiger partial charge is 0.497 e. The van der Waals surface area contributed by atoms with Crippen molar-refractivity contribution in [2.24, 2.45) is 0 Å². The number of nitrogens with zero attached hydrogens (tertiary/aromatic N) is 2. The molecule has 1 fully saturated rings. The molecule has 0 spiro atoms. The van der Waals surface area contributed by atoms with Gasteiger partial charge < -0.3 is 9.64 Å². The van der Waals surface area contributed by atoms with Crippen molar-refractivity contribution < 1.29 is 4.74 Å². The SMILES string of the molecule is COc1ccc(N2CCN(C)C2c2ccc(Cl)cc2)cc1. The second-order valence-electron chi connectivity index (χ2n) is 5.30. The summed E-state index contributed by atoms with van der Waals surface area (Å²) < 4.78 is 5.23. The number of likely N-dealkylation sites (N-methyl/N-ethyl adjacent to an activating group) is 1. The van der Waals surface area contributed by atoms with Gasteiger partial charge in [-0.2, -0.15) is 0 Å². The molecule has 3 rings (SSSR count). The van der Waals surface area contributed by atoms with Crippen LogP contribution in [0.1, 0.15) is 11.7 Å². The molecule has 110 valence electrons. The molecule has 1 aliphatic heterocycles. The fraction of sp³-hybridized carbons (Fsp3) is 0.294. The van der Waals surface area contributed by atoms with Crippen molar-refractivity contribution in [3.63, 3.8) is 0 Å². The minimum absolute atomic E-state index is 0.246. The molecule has 1 heterocycles. The molecule has 2 aromatic rings. The number of ether oxygens (including phenoxy) is 1. The van der Waals surface area contributed by atoms with Crippen LogP contribution in [0.15, 0.2) is 48.5 Å². The van der Waals surface area contributed by atoms with Crippen molar-refractivity contribution in [3.05, 3.63) is 59.1 Å². The molecule has 4 heteroatoms. The first kappa shape index (κ1) is 14.2. The van der Waals surface area contributed by atoms with Crippen molar-refractivity contribution in [2.75, 3.05) is 32.1 Å². The van der Waals surface area contributed by atoms with E-state index in [0.717, 1.165) is 23.9 Å². The van der Waals surface area contributed by atoms with Crippen LogP contribution < -0.4 is 9.64 Å². The number of anilines is 1. The summed E-state index contributed by atoms with van der Waals surface area (Å²) in [4.78, 5) is 4.76. The van der Waals surface area contributed by atoms with Gasteiger partial charge in [0.05, 0.1) is 7.11 Å². The highest BCUT2D eigenvalue weighted by Crippen LogP contribution is 2.34. The lowest BCUT2D eigenvalue weighted by Crippen LogP contribution is -2.28. The van der Waals surface area contributed by atoms with Crippen LogP contribution in [0.4, 0.5) is 5.69 Å². The van der Waals surface area contributed by atoms with Gasteiger partial charge in [-0.25, -0.2) is 0 Å². The second-order valence-corrected chi connectivity index (χ2v) is 5.73. The Morgan fingerprint density at radius 1 is 1.00 bits per heavy atom. The Morgan fingerprint density at radius 2 is 1.67 bits per heavy atom. The van der Waals surface area contributed by atoms with Crippen molar-refractivity contribution in [3.8, 4) is 5.75 Å². The first-order valence-corrected chi connectivity index (χ1v) is 7.43. The summed E-state index contributed by atoms with van der Waals surface area (Å²) in [5.41, 5.74) is 2.47. The first-order valence-electron chi connectivity index (χ1n) is 7.05. The van der Waals surface area contributed by atoms with Crippen LogP contribution in [-0.2, 0) is 0 Å². The molecule has 0 bridgehead atoms. The van der Waals surface area contributed by atoms with E-state index in [1.807, 2.05) is 24.3 Å². The Kier molecular flexibility index (Phi) is 4.04. The summed E-state index contributed by atoms with van der Waals surface area (Å²) in [6, 6.07) is 16.3. The van der Waals surface area contributed by atoms with Crippen LogP contribution in [0.25, 0.3) is 0 Å². The molecule has 3 nitrogen and oxygen atoms in total. The van der Waals surface area contributed by atoms with Gasteiger partial charge in [0.25, 0.3) is 0 Å². The van der Waals surface area contributed by atoms with E-state index >= 15 is 0 Å². The molecular formula is C17H19ClN2O. The van der Waals surface area contributed by atoms with E-state index in [1.54, 1.807) is 7.11 Å². The number of rotatable bonds is 3. The predicted octanol–water partition coefficient (Wildman–Crippen LogP) is 3.80. The first-order chi connectivity index (χ1) is 10.2. The van der Waals surface area contributed by atoms with E-state index < -0.39 is 0 Å². The topological polar surface area (TPSA) is 15.7 Å². The van der Waals surface area contributed by atoms with Gasteiger partial charge in [0.1, 0.15) is 11.9 Å². The van der Waals surface area contributed by atoms with Crippen LogP contribution in [-0.4, -0.2) is 32.1 Å². The Bertz CT molecular complexity index is 597. The zero-order chi connectivity index (χ0) is 14.8. The third-order valence-electron chi connectivity index (χ3n) is 3.98. The smallest absolute Gasteiger partial charge is 0.119 e. The van der Waals surface area contributed by atoms with Crippen LogP contribution in [0.3, 0.4) is 0 Å². The fourth-order valence-electron chi connectivity index (χ4n) is 2.86. The van der Waals surface area contributed by atoms with Crippen LogP contribution in [0, 0.1) is 0 Å². The van der Waals surface area contributed by atoms with E-state index in [1.165, 1.54) is 11.3 Å². The molecule has 1 aliphatic rings. The normalized spacial score (nSPS) is 19.0. The maximum absolute atomic E-state index is 6.00. The molecule has 21 heavy (non-hydrogen) atoms. The highest BCUT2D eigenvalue weighted by atomic mass is 35.5. The van der Waals surface area contributed by atoms with Crippen LogP contribution >= 0.6 is 11.6 Å². The Labute approximate surface area is 130 Å². The number of benzene rings is 2. The van der Waals surface area contributed by atoms with Crippen LogP contribution in [0.2, 0.25) is 5.02 Å². The van der Waals surface area contributed by atoms with Gasteiger partial charge >= 0.3 is 0 Å². The molecule has 0 amide bonds. The average molecular weight is 303 g/mol. The van der Waals surface area contributed by atoms with Gasteiger partial charge in [0.15, 0.2) is 0 Å². The summed E-state index contributed by atoms with van der Waals surface area (Å²) in [7, 11) is 3.85. The Morgan fingerprint density at radius 3 is 2.29 bits per heavy atom. The van der Waals surface area contributed by atoms with Gasteiger partial charge in [-0.05, 0) is 49.0 Å². The zero-order valence-corrected chi connectivity index (χ0v) is 13.0. The van der Waals surface area contributed by atoms with E-state index in [9.17, 15) is 0 Å². The maximum Gasteiger partial charge on any atom is 0.119 e. The molecule has 0 aromatic heterocycles. The lowest BCUT2D eigenvalue weighted by molar-refractivity contribution is 0.318. The van der Waals surface area contributed by atoms with Gasteiger partial charge in [0.2, 0.25) is 0 Å². The van der Waals surface area contributed by atoms with Gasteiger partial charge in [-0.1, -0.05) is 23.7 Å². The van der Waals surface area contributed by atoms with E-state index in [4.69, 9.17) is 16.3 Å². The Hall–Kier alpha value is -1.71. The molecule has 0 radical (unpaired) electrons. The molecule has 0 saturated carbocycles. The molecule has 1 unspecified atom stereocenters. The van der Waals surface area contributed by atoms with Crippen molar-refractivity contribution in [1.29, 1.82) is 0 Å². The van der Waals surface area contributed by atoms with E-state index in [2.05, 4.69) is 41.1 Å². The zero-order valence-electron chi connectivity index (χ0n) is 12.3. The third kappa shape index (κ3) is 2.85. The molecule has 2 aromatic carbocycles. The van der Waals surface area contributed by atoms with E-state index in [0.29, 0.717) is 0 Å². The summed E-state index contributed by atoms with van der Waals surface area (Å²) in [5, 5.41) is 0.774. The number of hydrogen-bond donors (Lipinski definition) is 0. The van der Waals surface area contributed by atoms with Gasteiger partial charge in [0, 0.05) is 23.8 Å². The number of halogens is 1. The van der Waals surface area contributed by atoms with E-state index in [-0.39, 0.29) is 6.17 Å². The minimum atomic E-state index is 0.246. The third-order valence-corrected chi connectivity index (χ3v) is 4.23. The molecule has 1 saturated heterocycles. The molecular weight excluding hydrogens is 284 g/mol. The quantitative estimate of drug-likeness (QED) is 0.858. The highest BCUT2D eigenvalue weighted by molar-refractivity contribution is 6.30. The Balaban J connectivity index is 1.91. The summed E-state index contributed by atoms with van der Waals surface area (Å²) >= 11 is 6.00. The minimum Gasteiger partial charge on any atom is -0.497 e. The summed E-state index contributed by atoms with van der Waals surface area (Å²) in [6.07, 6.45) is 0.246. The van der Waals surface area contributed by atoms with Crippen molar-refractivity contribution in [1.82, 2.24) is 4.90 Å². The lowest BCUT2D eigenvalue weighted by Gasteiger charge is -2.30. The average Bonchev–Trinajstić information content (AvgIpc) is 2.90. The molecule has 1 atom stereocenters. The monoisotopic (exact) mass is 302 g/mol. The highest BCUT2D eigenvalue weighted by Gasteiger charge is 2.30. The number of hydrogen-bond acceptors (Lipinski definition) is 3. The fourth-order valence-corrected chi connectivity index (χ4v) is 2.99. The summed E-state index contributed by atoms with van der Waals surface area (Å²) in [5.74, 6) is 0.884. The second kappa shape index (κ2) is 5.96. The maximum atomic E-state index is 6.00. The van der Waals surface area contributed by atoms with Crippen molar-refractivity contribution in [2.45, 2.75) is 6.17 Å². The van der Waals surface area contributed by atoms with Gasteiger partial charge in [-0.3, -0.25) is 4.90 Å². The predicted molar refractivity (Wildman–Crippen MR) is 87.2 cm³/mol. The molecule has 0 N–H and O–H groups in total. The van der Waals surface area contributed by atoms with Gasteiger partial charge in [-0.15, -0.1) is 0 Å². The lowest BCUT2D eigenvalue weighted by atomic mass is 10.1. The van der Waals surface area contributed by atoms with Crippen LogP contribution in [0.5, 0.6) is 5.75 Å². The summed E-state index contributed by atoms with van der Waals surface area (Å²) in [6.45, 7) is 2.05. The molecule has 0 aliphatic carbocycles.